The predicted molar refractivity (Wildman–Crippen MR) is 85.2 cm³/mol. The lowest BCUT2D eigenvalue weighted by Crippen LogP contribution is -2.45. The molecule has 1 aromatic carbocycles. The largest absolute Gasteiger partial charge is 0.314 e. The van der Waals surface area contributed by atoms with E-state index in [0.717, 1.165) is 10.6 Å². The van der Waals surface area contributed by atoms with Crippen LogP contribution < -0.4 is 11.1 Å². The molecule has 0 aliphatic carbocycles. The number of carbonyl (C=O) groups excluding carboxylic acids is 1. The number of anilines is 1. The molecule has 1 aromatic heterocycles. The van der Waals surface area contributed by atoms with Crippen molar-refractivity contribution in [3.05, 3.63) is 40.9 Å². The van der Waals surface area contributed by atoms with Crippen LogP contribution in [0.25, 0.3) is 0 Å². The van der Waals surface area contributed by atoms with E-state index < -0.39 is 5.54 Å². The van der Waals surface area contributed by atoms with Crippen LogP contribution in [0.1, 0.15) is 38.3 Å². The fourth-order valence-corrected chi connectivity index (χ4v) is 2.52. The topological polar surface area (TPSA) is 80.9 Å². The van der Waals surface area contributed by atoms with Crippen molar-refractivity contribution in [2.75, 3.05) is 5.32 Å². The highest BCUT2D eigenvalue weighted by Gasteiger charge is 2.31. The molecule has 5 nitrogen and oxygen atoms in total. The van der Waals surface area contributed by atoms with Gasteiger partial charge < -0.3 is 5.73 Å². The van der Waals surface area contributed by atoms with Crippen molar-refractivity contribution in [1.29, 1.82) is 0 Å². The second-order valence-corrected chi connectivity index (χ2v) is 7.16. The molecule has 1 unspecified atom stereocenters. The summed E-state index contributed by atoms with van der Waals surface area (Å²) in [5.41, 5.74) is 5.71. The standard InChI is InChI=1S/C15H20N4OS/c1-14(2,3)12-18-19-13(21-12)17-11(20)15(4,16)10-8-6-5-7-9-10/h5-9H,16H2,1-4H3,(H,17,19,20). The van der Waals surface area contributed by atoms with Gasteiger partial charge in [0.25, 0.3) is 5.91 Å². The van der Waals surface area contributed by atoms with Crippen molar-refractivity contribution >= 4 is 22.4 Å². The van der Waals surface area contributed by atoms with Crippen LogP contribution in [0, 0.1) is 0 Å². The summed E-state index contributed by atoms with van der Waals surface area (Å²) < 4.78 is 0. The summed E-state index contributed by atoms with van der Waals surface area (Å²) in [7, 11) is 0. The Labute approximate surface area is 128 Å². The van der Waals surface area contributed by atoms with Crippen molar-refractivity contribution in [1.82, 2.24) is 10.2 Å². The lowest BCUT2D eigenvalue weighted by atomic mass is 9.92. The number of amides is 1. The highest BCUT2D eigenvalue weighted by Crippen LogP contribution is 2.28. The molecule has 1 atom stereocenters. The molecule has 3 N–H and O–H groups in total. The molecule has 0 aliphatic heterocycles. The molecule has 0 spiro atoms. The third kappa shape index (κ3) is 3.46. The molecule has 2 aromatic rings. The average Bonchev–Trinajstić information content (AvgIpc) is 2.88. The summed E-state index contributed by atoms with van der Waals surface area (Å²) in [6, 6.07) is 9.27. The van der Waals surface area contributed by atoms with E-state index in [1.165, 1.54) is 11.3 Å². The average molecular weight is 304 g/mol. The van der Waals surface area contributed by atoms with Crippen LogP contribution in [0.2, 0.25) is 0 Å². The zero-order valence-electron chi connectivity index (χ0n) is 12.7. The molecular weight excluding hydrogens is 284 g/mol. The molecule has 1 heterocycles. The molecule has 0 radical (unpaired) electrons. The number of aromatic nitrogens is 2. The third-order valence-corrected chi connectivity index (χ3v) is 4.40. The predicted octanol–water partition coefficient (Wildman–Crippen LogP) is 2.65. The van der Waals surface area contributed by atoms with E-state index in [1.807, 2.05) is 30.3 Å². The number of hydrogen-bond donors (Lipinski definition) is 2. The Kier molecular flexibility index (Phi) is 4.11. The van der Waals surface area contributed by atoms with Gasteiger partial charge in [-0.15, -0.1) is 10.2 Å². The molecule has 0 saturated carbocycles. The van der Waals surface area contributed by atoms with Gasteiger partial charge in [0, 0.05) is 5.41 Å². The van der Waals surface area contributed by atoms with Gasteiger partial charge in [0.1, 0.15) is 10.5 Å². The van der Waals surface area contributed by atoms with Crippen LogP contribution >= 0.6 is 11.3 Å². The monoisotopic (exact) mass is 304 g/mol. The first-order valence-corrected chi connectivity index (χ1v) is 7.53. The minimum atomic E-state index is -1.12. The van der Waals surface area contributed by atoms with Crippen LogP contribution in [-0.4, -0.2) is 16.1 Å². The Morgan fingerprint density at radius 2 is 1.76 bits per heavy atom. The van der Waals surface area contributed by atoms with Crippen LogP contribution in [0.15, 0.2) is 30.3 Å². The van der Waals surface area contributed by atoms with Gasteiger partial charge in [-0.1, -0.05) is 62.4 Å². The lowest BCUT2D eigenvalue weighted by Gasteiger charge is -2.23. The third-order valence-electron chi connectivity index (χ3n) is 3.13. The lowest BCUT2D eigenvalue weighted by molar-refractivity contribution is -0.120. The van der Waals surface area contributed by atoms with Gasteiger partial charge in [-0.05, 0) is 12.5 Å². The van der Waals surface area contributed by atoms with Gasteiger partial charge in [0.2, 0.25) is 5.13 Å². The highest BCUT2D eigenvalue weighted by atomic mass is 32.1. The molecule has 21 heavy (non-hydrogen) atoms. The van der Waals surface area contributed by atoms with Gasteiger partial charge in [-0.3, -0.25) is 10.1 Å². The van der Waals surface area contributed by atoms with E-state index in [0.29, 0.717) is 5.13 Å². The summed E-state index contributed by atoms with van der Waals surface area (Å²) in [5, 5.41) is 12.2. The quantitative estimate of drug-likeness (QED) is 0.913. The Bertz CT molecular complexity index is 629. The van der Waals surface area contributed by atoms with Gasteiger partial charge in [0.15, 0.2) is 0 Å². The normalized spacial score (nSPS) is 14.5. The fraction of sp³-hybridized carbons (Fsp3) is 0.400. The molecule has 2 rings (SSSR count). The molecule has 0 fully saturated rings. The highest BCUT2D eigenvalue weighted by molar-refractivity contribution is 7.15. The van der Waals surface area contributed by atoms with Crippen molar-refractivity contribution in [2.45, 2.75) is 38.6 Å². The minimum absolute atomic E-state index is 0.0912. The Morgan fingerprint density at radius 3 is 2.29 bits per heavy atom. The van der Waals surface area contributed by atoms with Crippen molar-refractivity contribution in [2.24, 2.45) is 5.73 Å². The van der Waals surface area contributed by atoms with Gasteiger partial charge in [-0.25, -0.2) is 0 Å². The summed E-state index contributed by atoms with van der Waals surface area (Å²) >= 11 is 1.37. The van der Waals surface area contributed by atoms with E-state index >= 15 is 0 Å². The van der Waals surface area contributed by atoms with Gasteiger partial charge in [0.05, 0.1) is 0 Å². The molecular formula is C15H20N4OS. The van der Waals surface area contributed by atoms with Crippen LogP contribution in [0.5, 0.6) is 0 Å². The molecule has 112 valence electrons. The SMILES string of the molecule is CC(C)(C)c1nnc(NC(=O)C(C)(N)c2ccccc2)s1. The Morgan fingerprint density at radius 1 is 1.14 bits per heavy atom. The molecule has 0 aliphatic rings. The van der Waals surface area contributed by atoms with E-state index in [9.17, 15) is 4.79 Å². The van der Waals surface area contributed by atoms with Crippen LogP contribution in [-0.2, 0) is 15.7 Å². The molecule has 1 amide bonds. The first-order chi connectivity index (χ1) is 9.71. The van der Waals surface area contributed by atoms with Crippen molar-refractivity contribution in [3.63, 3.8) is 0 Å². The van der Waals surface area contributed by atoms with E-state index in [4.69, 9.17) is 5.73 Å². The first-order valence-electron chi connectivity index (χ1n) is 6.71. The van der Waals surface area contributed by atoms with E-state index in [-0.39, 0.29) is 11.3 Å². The second kappa shape index (κ2) is 5.54. The van der Waals surface area contributed by atoms with E-state index in [2.05, 4.69) is 36.3 Å². The van der Waals surface area contributed by atoms with Crippen molar-refractivity contribution in [3.8, 4) is 0 Å². The summed E-state index contributed by atoms with van der Waals surface area (Å²) in [6.07, 6.45) is 0. The summed E-state index contributed by atoms with van der Waals surface area (Å²) in [6.45, 7) is 7.84. The maximum Gasteiger partial charge on any atom is 0.250 e. The Hall–Kier alpha value is -1.79. The number of rotatable bonds is 3. The number of carbonyl (C=O) groups is 1. The summed E-state index contributed by atoms with van der Waals surface area (Å²) in [5.74, 6) is -0.301. The zero-order chi connectivity index (χ0) is 15.7. The Balaban J connectivity index is 2.16. The maximum absolute atomic E-state index is 12.4. The zero-order valence-corrected chi connectivity index (χ0v) is 13.5. The smallest absolute Gasteiger partial charge is 0.250 e. The maximum atomic E-state index is 12.4. The molecule has 0 saturated heterocycles. The van der Waals surface area contributed by atoms with Crippen LogP contribution in [0.4, 0.5) is 5.13 Å². The number of benzene rings is 1. The molecule has 0 bridgehead atoms. The summed E-state index contributed by atoms with van der Waals surface area (Å²) in [4.78, 5) is 12.4. The van der Waals surface area contributed by atoms with Gasteiger partial charge >= 0.3 is 0 Å². The number of hydrogen-bond acceptors (Lipinski definition) is 5. The van der Waals surface area contributed by atoms with Crippen LogP contribution in [0.3, 0.4) is 0 Å². The van der Waals surface area contributed by atoms with E-state index in [1.54, 1.807) is 6.92 Å². The number of nitrogens with zero attached hydrogens (tertiary/aromatic N) is 2. The fourth-order valence-electron chi connectivity index (χ4n) is 1.72. The minimum Gasteiger partial charge on any atom is -0.314 e. The molecule has 6 heteroatoms. The second-order valence-electron chi connectivity index (χ2n) is 6.18. The first kappa shape index (κ1) is 15.6. The number of nitrogens with two attached hydrogens (primary N) is 1. The van der Waals surface area contributed by atoms with Crippen molar-refractivity contribution < 1.29 is 4.79 Å². The number of nitrogens with one attached hydrogen (secondary N) is 1. The van der Waals surface area contributed by atoms with Gasteiger partial charge in [-0.2, -0.15) is 0 Å².